The maximum atomic E-state index is 6.23. The molecule has 4 heteroatoms. The minimum absolute atomic E-state index is 0.244. The van der Waals surface area contributed by atoms with E-state index in [1.807, 2.05) is 0 Å². The van der Waals surface area contributed by atoms with Crippen molar-refractivity contribution in [1.29, 1.82) is 0 Å². The Balaban J connectivity index is 1.52. The van der Waals surface area contributed by atoms with E-state index >= 15 is 0 Å². The monoisotopic (exact) mass is 327 g/mol. The Labute approximate surface area is 146 Å². The topological polar surface area (TPSA) is 21.7 Å². The van der Waals surface area contributed by atoms with Gasteiger partial charge in [-0.15, -0.1) is 0 Å². The molecule has 4 rings (SSSR count). The van der Waals surface area contributed by atoms with Crippen molar-refractivity contribution in [2.24, 2.45) is 0 Å². The first kappa shape index (κ1) is 16.6. The van der Waals surface area contributed by atoms with Gasteiger partial charge >= 0.3 is 7.12 Å². The molecule has 0 spiro atoms. The molecule has 130 valence electrons. The Hall–Kier alpha value is -0.835. The zero-order valence-corrected chi connectivity index (χ0v) is 15.6. The number of nitrogens with zero attached hydrogens (tertiary/aromatic N) is 1. The van der Waals surface area contributed by atoms with Gasteiger partial charge in [-0.3, -0.25) is 4.90 Å². The summed E-state index contributed by atoms with van der Waals surface area (Å²) in [6.45, 7) is 10.9. The van der Waals surface area contributed by atoms with Gasteiger partial charge < -0.3 is 9.31 Å². The number of benzene rings is 1. The van der Waals surface area contributed by atoms with Crippen LogP contribution in [0.3, 0.4) is 0 Å². The Bertz CT molecular complexity index is 608. The highest BCUT2D eigenvalue weighted by molar-refractivity contribution is 6.62. The minimum atomic E-state index is -0.272. The highest BCUT2D eigenvalue weighted by Crippen LogP contribution is 2.36. The van der Waals surface area contributed by atoms with Crippen LogP contribution in [0, 0.1) is 0 Å². The van der Waals surface area contributed by atoms with Gasteiger partial charge in [-0.1, -0.05) is 24.6 Å². The van der Waals surface area contributed by atoms with Crippen LogP contribution in [-0.2, 0) is 22.2 Å². The van der Waals surface area contributed by atoms with E-state index in [-0.39, 0.29) is 18.3 Å². The molecule has 1 aromatic carbocycles. The van der Waals surface area contributed by atoms with Crippen LogP contribution in [0.1, 0.15) is 58.1 Å². The van der Waals surface area contributed by atoms with Gasteiger partial charge in [-0.25, -0.2) is 0 Å². The molecule has 1 saturated heterocycles. The van der Waals surface area contributed by atoms with Crippen LogP contribution in [0.4, 0.5) is 0 Å². The Kier molecular flexibility index (Phi) is 4.06. The van der Waals surface area contributed by atoms with Crippen LogP contribution < -0.4 is 5.46 Å². The smallest absolute Gasteiger partial charge is 0.399 e. The van der Waals surface area contributed by atoms with E-state index in [4.69, 9.17) is 9.31 Å². The van der Waals surface area contributed by atoms with Crippen molar-refractivity contribution < 1.29 is 9.31 Å². The molecule has 1 aromatic rings. The van der Waals surface area contributed by atoms with Gasteiger partial charge in [0.15, 0.2) is 0 Å². The van der Waals surface area contributed by atoms with Crippen molar-refractivity contribution in [3.63, 3.8) is 0 Å². The summed E-state index contributed by atoms with van der Waals surface area (Å²) in [6.07, 6.45) is 6.54. The second-order valence-corrected chi connectivity index (χ2v) is 8.74. The van der Waals surface area contributed by atoms with Crippen LogP contribution in [0.5, 0.6) is 0 Å². The van der Waals surface area contributed by atoms with Crippen molar-refractivity contribution in [2.75, 3.05) is 13.1 Å². The fourth-order valence-corrected chi connectivity index (χ4v) is 4.01. The summed E-state index contributed by atoms with van der Waals surface area (Å²) < 4.78 is 12.5. The van der Waals surface area contributed by atoms with E-state index in [1.165, 1.54) is 55.4 Å². The van der Waals surface area contributed by atoms with E-state index < -0.39 is 0 Å². The molecule has 2 heterocycles. The number of fused-ring (bicyclic) bond motifs is 1. The van der Waals surface area contributed by atoms with Gasteiger partial charge in [-0.05, 0) is 70.0 Å². The van der Waals surface area contributed by atoms with Gasteiger partial charge in [0, 0.05) is 19.1 Å². The summed E-state index contributed by atoms with van der Waals surface area (Å²) in [5.41, 5.74) is 3.63. The average molecular weight is 327 g/mol. The van der Waals surface area contributed by atoms with E-state index in [0.29, 0.717) is 0 Å². The Morgan fingerprint density at radius 1 is 0.958 bits per heavy atom. The highest BCUT2D eigenvalue weighted by Gasteiger charge is 2.51. The van der Waals surface area contributed by atoms with Crippen LogP contribution in [-0.4, -0.2) is 42.4 Å². The molecule has 0 aromatic heterocycles. The van der Waals surface area contributed by atoms with Crippen LogP contribution in [0.15, 0.2) is 18.2 Å². The molecule has 3 aliphatic rings. The average Bonchev–Trinajstić information content (AvgIpc) is 2.62. The molecular formula is C20H30BNO2. The first-order chi connectivity index (χ1) is 11.4. The zero-order valence-electron chi connectivity index (χ0n) is 15.6. The highest BCUT2D eigenvalue weighted by atomic mass is 16.7. The van der Waals surface area contributed by atoms with Crippen molar-refractivity contribution in [2.45, 2.75) is 77.0 Å². The predicted molar refractivity (Wildman–Crippen MR) is 98.8 cm³/mol. The third kappa shape index (κ3) is 2.83. The van der Waals surface area contributed by atoms with Gasteiger partial charge in [0.2, 0.25) is 0 Å². The van der Waals surface area contributed by atoms with Gasteiger partial charge in [0.25, 0.3) is 0 Å². The van der Waals surface area contributed by atoms with Gasteiger partial charge in [-0.2, -0.15) is 0 Å². The number of hydrogen-bond acceptors (Lipinski definition) is 3. The fourth-order valence-electron chi connectivity index (χ4n) is 4.01. The van der Waals surface area contributed by atoms with Gasteiger partial charge in [0.05, 0.1) is 11.2 Å². The zero-order chi connectivity index (χ0) is 16.9. The van der Waals surface area contributed by atoms with Crippen molar-refractivity contribution >= 4 is 12.6 Å². The summed E-state index contributed by atoms with van der Waals surface area (Å²) >= 11 is 0. The van der Waals surface area contributed by atoms with Crippen molar-refractivity contribution in [1.82, 2.24) is 4.90 Å². The molecule has 3 nitrogen and oxygen atoms in total. The Morgan fingerprint density at radius 3 is 2.17 bits per heavy atom. The molecule has 0 bridgehead atoms. The maximum Gasteiger partial charge on any atom is 0.494 e. The lowest BCUT2D eigenvalue weighted by molar-refractivity contribution is 0.00578. The fraction of sp³-hybridized carbons (Fsp3) is 0.700. The largest absolute Gasteiger partial charge is 0.494 e. The number of hydrogen-bond donors (Lipinski definition) is 0. The van der Waals surface area contributed by atoms with E-state index in [9.17, 15) is 0 Å². The number of rotatable bonds is 2. The second-order valence-electron chi connectivity index (χ2n) is 8.74. The summed E-state index contributed by atoms with van der Waals surface area (Å²) in [5, 5.41) is 0. The molecule has 2 fully saturated rings. The van der Waals surface area contributed by atoms with Gasteiger partial charge in [0.1, 0.15) is 0 Å². The molecule has 0 radical (unpaired) electrons. The van der Waals surface area contributed by atoms with Crippen molar-refractivity contribution in [3.05, 3.63) is 29.3 Å². The van der Waals surface area contributed by atoms with E-state index in [2.05, 4.69) is 50.8 Å². The molecule has 0 amide bonds. The summed E-state index contributed by atoms with van der Waals surface area (Å²) in [5.74, 6) is 0. The lowest BCUT2D eigenvalue weighted by atomic mass is 9.77. The molecule has 0 unspecified atom stereocenters. The first-order valence-corrected chi connectivity index (χ1v) is 9.57. The summed E-state index contributed by atoms with van der Waals surface area (Å²) in [6, 6.07) is 7.70. The lowest BCUT2D eigenvalue weighted by Gasteiger charge is -2.36. The molecule has 1 saturated carbocycles. The third-order valence-corrected chi connectivity index (χ3v) is 6.68. The lowest BCUT2D eigenvalue weighted by Crippen LogP contribution is -2.41. The predicted octanol–water partition coefficient (Wildman–Crippen LogP) is 2.94. The SMILES string of the molecule is CC1(C)OB(c2ccc3c(c2)CCN(C2CCC2)CC3)OC1(C)C. The first-order valence-electron chi connectivity index (χ1n) is 9.57. The van der Waals surface area contributed by atoms with Crippen LogP contribution in [0.2, 0.25) is 0 Å². The molecule has 1 aliphatic carbocycles. The van der Waals surface area contributed by atoms with Crippen molar-refractivity contribution in [3.8, 4) is 0 Å². The molecule has 24 heavy (non-hydrogen) atoms. The Morgan fingerprint density at radius 2 is 1.58 bits per heavy atom. The summed E-state index contributed by atoms with van der Waals surface area (Å²) in [4.78, 5) is 2.71. The minimum Gasteiger partial charge on any atom is -0.399 e. The molecule has 0 N–H and O–H groups in total. The quantitative estimate of drug-likeness (QED) is 0.780. The molecular weight excluding hydrogens is 297 g/mol. The maximum absolute atomic E-state index is 6.23. The third-order valence-electron chi connectivity index (χ3n) is 6.68. The molecule has 0 atom stereocenters. The van der Waals surface area contributed by atoms with E-state index in [1.54, 1.807) is 0 Å². The molecule has 2 aliphatic heterocycles. The standard InChI is InChI=1S/C20H30BNO2/c1-19(2)20(3,4)24-21(23-19)17-9-8-15-10-12-22(18-6-5-7-18)13-11-16(15)14-17/h8-9,14,18H,5-7,10-13H2,1-4H3. The van der Waals surface area contributed by atoms with E-state index in [0.717, 1.165) is 12.5 Å². The second kappa shape index (κ2) is 5.86. The van der Waals surface area contributed by atoms with Crippen LogP contribution >= 0.6 is 0 Å². The van der Waals surface area contributed by atoms with Crippen LogP contribution in [0.25, 0.3) is 0 Å². The summed E-state index contributed by atoms with van der Waals surface area (Å²) in [7, 11) is -0.244. The normalized spacial score (nSPS) is 26.8.